The molecule has 1 aromatic carbocycles. The standard InChI is InChI=1S/C22H38N6/c1-4-28-11-5-6-21(28)17-25-22(23-2)24-16-19-7-9-20(10-8-19)18-27-14-12-26(3)13-15-27/h7-10,21H,4-6,11-18H2,1-3H3,(H2,23,24,25). The second kappa shape index (κ2) is 10.8. The predicted molar refractivity (Wildman–Crippen MR) is 118 cm³/mol. The summed E-state index contributed by atoms with van der Waals surface area (Å²) in [6.07, 6.45) is 2.60. The molecule has 28 heavy (non-hydrogen) atoms. The fraction of sp³-hybridized carbons (Fsp3) is 0.682. The Balaban J connectivity index is 1.40. The molecule has 0 aliphatic carbocycles. The van der Waals surface area contributed by atoms with Gasteiger partial charge in [0.2, 0.25) is 0 Å². The fourth-order valence-corrected chi connectivity index (χ4v) is 4.19. The SMILES string of the molecule is CCN1CCCC1CNC(=NC)NCc1ccc(CN2CCN(C)CC2)cc1. The lowest BCUT2D eigenvalue weighted by molar-refractivity contribution is 0.148. The van der Waals surface area contributed by atoms with E-state index in [4.69, 9.17) is 0 Å². The number of piperazine rings is 1. The molecule has 2 saturated heterocycles. The van der Waals surface area contributed by atoms with Crippen molar-refractivity contribution < 1.29 is 0 Å². The van der Waals surface area contributed by atoms with Crippen LogP contribution in [0.2, 0.25) is 0 Å². The van der Waals surface area contributed by atoms with Crippen LogP contribution in [0.5, 0.6) is 0 Å². The lowest BCUT2D eigenvalue weighted by atomic mass is 10.1. The van der Waals surface area contributed by atoms with Crippen LogP contribution in [0.1, 0.15) is 30.9 Å². The van der Waals surface area contributed by atoms with Gasteiger partial charge in [0.1, 0.15) is 0 Å². The Morgan fingerprint density at radius 1 is 1.04 bits per heavy atom. The molecule has 0 amide bonds. The molecule has 0 radical (unpaired) electrons. The Morgan fingerprint density at radius 3 is 2.43 bits per heavy atom. The van der Waals surface area contributed by atoms with Crippen molar-refractivity contribution in [3.63, 3.8) is 0 Å². The molecule has 6 heteroatoms. The van der Waals surface area contributed by atoms with E-state index in [0.717, 1.165) is 45.2 Å². The van der Waals surface area contributed by atoms with Crippen LogP contribution in [0.15, 0.2) is 29.3 Å². The summed E-state index contributed by atoms with van der Waals surface area (Å²) in [5.41, 5.74) is 2.69. The highest BCUT2D eigenvalue weighted by molar-refractivity contribution is 5.79. The third-order valence-corrected chi connectivity index (χ3v) is 6.12. The second-order valence-electron chi connectivity index (χ2n) is 8.13. The average molecular weight is 387 g/mol. The largest absolute Gasteiger partial charge is 0.355 e. The number of hydrogen-bond acceptors (Lipinski definition) is 4. The van der Waals surface area contributed by atoms with Crippen molar-refractivity contribution in [1.29, 1.82) is 0 Å². The molecule has 1 aromatic rings. The van der Waals surface area contributed by atoms with Crippen LogP contribution in [0, 0.1) is 0 Å². The first-order valence-electron chi connectivity index (χ1n) is 10.8. The minimum Gasteiger partial charge on any atom is -0.355 e. The number of nitrogens with one attached hydrogen (secondary N) is 2. The highest BCUT2D eigenvalue weighted by atomic mass is 15.2. The maximum Gasteiger partial charge on any atom is 0.191 e. The molecule has 2 aliphatic rings. The number of likely N-dealkylation sites (N-methyl/N-ethyl adjacent to an activating group) is 2. The maximum atomic E-state index is 4.38. The van der Waals surface area contributed by atoms with Gasteiger partial charge in [0, 0.05) is 58.9 Å². The van der Waals surface area contributed by atoms with Crippen LogP contribution in [0.25, 0.3) is 0 Å². The molecule has 156 valence electrons. The molecular formula is C22H38N6. The summed E-state index contributed by atoms with van der Waals surface area (Å²) in [6, 6.07) is 9.65. The van der Waals surface area contributed by atoms with Crippen LogP contribution in [-0.2, 0) is 13.1 Å². The molecule has 1 unspecified atom stereocenters. The van der Waals surface area contributed by atoms with Gasteiger partial charge in [0.15, 0.2) is 5.96 Å². The zero-order valence-electron chi connectivity index (χ0n) is 18.0. The van der Waals surface area contributed by atoms with E-state index >= 15 is 0 Å². The van der Waals surface area contributed by atoms with Crippen molar-refractivity contribution in [2.75, 3.05) is 59.9 Å². The zero-order chi connectivity index (χ0) is 19.8. The van der Waals surface area contributed by atoms with E-state index in [-0.39, 0.29) is 0 Å². The Hall–Kier alpha value is -1.63. The van der Waals surface area contributed by atoms with Gasteiger partial charge in [-0.15, -0.1) is 0 Å². The molecular weight excluding hydrogens is 348 g/mol. The van der Waals surface area contributed by atoms with Gasteiger partial charge in [-0.05, 0) is 44.1 Å². The van der Waals surface area contributed by atoms with Crippen LogP contribution < -0.4 is 10.6 Å². The summed E-state index contributed by atoms with van der Waals surface area (Å²) < 4.78 is 0. The second-order valence-corrected chi connectivity index (χ2v) is 8.13. The van der Waals surface area contributed by atoms with E-state index in [0.29, 0.717) is 6.04 Å². The Bertz CT molecular complexity index is 606. The van der Waals surface area contributed by atoms with Crippen LogP contribution >= 0.6 is 0 Å². The van der Waals surface area contributed by atoms with Crippen molar-refractivity contribution in [2.24, 2.45) is 4.99 Å². The monoisotopic (exact) mass is 386 g/mol. The molecule has 1 atom stereocenters. The minimum atomic E-state index is 0.636. The van der Waals surface area contributed by atoms with E-state index in [1.54, 1.807) is 0 Å². The maximum absolute atomic E-state index is 4.38. The molecule has 0 bridgehead atoms. The lowest BCUT2D eigenvalue weighted by Gasteiger charge is -2.32. The number of rotatable bonds is 7. The van der Waals surface area contributed by atoms with Gasteiger partial charge in [-0.1, -0.05) is 31.2 Å². The van der Waals surface area contributed by atoms with Crippen molar-refractivity contribution in [2.45, 2.75) is 38.9 Å². The highest BCUT2D eigenvalue weighted by Gasteiger charge is 2.22. The molecule has 2 fully saturated rings. The smallest absolute Gasteiger partial charge is 0.191 e. The van der Waals surface area contributed by atoms with Gasteiger partial charge in [0.05, 0.1) is 0 Å². The third-order valence-electron chi connectivity index (χ3n) is 6.12. The van der Waals surface area contributed by atoms with Gasteiger partial charge in [-0.2, -0.15) is 0 Å². The molecule has 2 heterocycles. The molecule has 0 saturated carbocycles. The normalized spacial score (nSPS) is 22.5. The topological polar surface area (TPSA) is 46.1 Å². The third kappa shape index (κ3) is 6.19. The van der Waals surface area contributed by atoms with Crippen LogP contribution in [0.3, 0.4) is 0 Å². The Labute approximate surface area is 171 Å². The first-order chi connectivity index (χ1) is 13.7. The number of likely N-dealkylation sites (tertiary alicyclic amines) is 1. The van der Waals surface area contributed by atoms with Crippen LogP contribution in [0.4, 0.5) is 0 Å². The quantitative estimate of drug-likeness (QED) is 0.550. The van der Waals surface area contributed by atoms with Gasteiger partial charge >= 0.3 is 0 Å². The van der Waals surface area contributed by atoms with E-state index in [1.165, 1.54) is 43.6 Å². The van der Waals surface area contributed by atoms with Gasteiger partial charge < -0.3 is 15.5 Å². The summed E-state index contributed by atoms with van der Waals surface area (Å²) in [4.78, 5) is 11.9. The molecule has 2 aliphatic heterocycles. The predicted octanol–water partition coefficient (Wildman–Crippen LogP) is 1.58. The zero-order valence-corrected chi connectivity index (χ0v) is 18.0. The number of aliphatic imine (C=N–C) groups is 1. The van der Waals surface area contributed by atoms with Crippen molar-refractivity contribution in [3.05, 3.63) is 35.4 Å². The number of guanidine groups is 1. The van der Waals surface area contributed by atoms with Crippen molar-refractivity contribution in [3.8, 4) is 0 Å². The number of nitrogens with zero attached hydrogens (tertiary/aromatic N) is 4. The summed E-state index contributed by atoms with van der Waals surface area (Å²) >= 11 is 0. The molecule has 0 spiro atoms. The van der Waals surface area contributed by atoms with E-state index in [1.807, 2.05) is 7.05 Å². The van der Waals surface area contributed by atoms with Crippen molar-refractivity contribution >= 4 is 5.96 Å². The first kappa shape index (κ1) is 21.1. The average Bonchev–Trinajstić information content (AvgIpc) is 3.18. The molecule has 2 N–H and O–H groups in total. The minimum absolute atomic E-state index is 0.636. The van der Waals surface area contributed by atoms with Gasteiger partial charge in [-0.3, -0.25) is 14.8 Å². The summed E-state index contributed by atoms with van der Waals surface area (Å²) in [6.45, 7) is 12.1. The van der Waals surface area contributed by atoms with Gasteiger partial charge in [0.25, 0.3) is 0 Å². The highest BCUT2D eigenvalue weighted by Crippen LogP contribution is 2.15. The van der Waals surface area contributed by atoms with Gasteiger partial charge in [-0.25, -0.2) is 0 Å². The van der Waals surface area contributed by atoms with E-state index in [2.05, 4.69) is 68.6 Å². The summed E-state index contributed by atoms with van der Waals surface area (Å²) in [5, 5.41) is 6.95. The molecule has 3 rings (SSSR count). The van der Waals surface area contributed by atoms with E-state index < -0.39 is 0 Å². The van der Waals surface area contributed by atoms with E-state index in [9.17, 15) is 0 Å². The summed E-state index contributed by atoms with van der Waals surface area (Å²) in [7, 11) is 4.05. The molecule has 0 aromatic heterocycles. The number of benzene rings is 1. The Kier molecular flexibility index (Phi) is 8.13. The van der Waals surface area contributed by atoms with Crippen LogP contribution in [-0.4, -0.2) is 86.6 Å². The summed E-state index contributed by atoms with van der Waals surface area (Å²) in [5.74, 6) is 0.893. The number of hydrogen-bond donors (Lipinski definition) is 2. The first-order valence-corrected chi connectivity index (χ1v) is 10.8. The lowest BCUT2D eigenvalue weighted by Crippen LogP contribution is -2.44. The fourth-order valence-electron chi connectivity index (χ4n) is 4.19. The Morgan fingerprint density at radius 2 is 1.75 bits per heavy atom. The van der Waals surface area contributed by atoms with Crippen molar-refractivity contribution in [1.82, 2.24) is 25.3 Å². The molecule has 6 nitrogen and oxygen atoms in total.